The second kappa shape index (κ2) is 32.9. The molecule has 2 spiro atoms. The Morgan fingerprint density at radius 2 is 0.960 bits per heavy atom. The van der Waals surface area contributed by atoms with E-state index in [4.69, 9.17) is 39.7 Å². The molecule has 6 aromatic heterocycles. The van der Waals surface area contributed by atoms with E-state index in [0.717, 1.165) is 190 Å². The molecule has 99 heavy (non-hydrogen) atoms. The Labute approximate surface area is 623 Å². The summed E-state index contributed by atoms with van der Waals surface area (Å²) < 4.78 is 7.46. The monoisotopic (exact) mass is 1470 g/mol. The third-order valence-electron chi connectivity index (χ3n) is 21.3. The molecule has 0 bridgehead atoms. The number of hydrogen-bond donors (Lipinski definition) is 5. The number of rotatable bonds is 7. The summed E-state index contributed by atoms with van der Waals surface area (Å²) in [5, 5.41) is 12.6. The number of amides is 5. The zero-order valence-electron chi connectivity index (χ0n) is 56.7. The van der Waals surface area contributed by atoms with E-state index in [-0.39, 0.29) is 128 Å². The number of fused-ring (bicyclic) bond motifs is 9. The number of aromatic nitrogens is 9. The smallest absolute Gasteiger partial charge is 1.00 e. The van der Waals surface area contributed by atoms with Gasteiger partial charge in [0.05, 0.1) is 39.0 Å². The summed E-state index contributed by atoms with van der Waals surface area (Å²) in [6.45, 7) is 12.8. The largest absolute Gasteiger partial charge is 1.00 e. The van der Waals surface area contributed by atoms with E-state index in [9.17, 15) is 24.0 Å². The van der Waals surface area contributed by atoms with Gasteiger partial charge in [0.15, 0.2) is 0 Å². The van der Waals surface area contributed by atoms with Crippen LogP contribution < -0.4 is 57.0 Å². The number of piperazine rings is 2. The second-order valence-electron chi connectivity index (χ2n) is 26.9. The van der Waals surface area contributed by atoms with Crippen LogP contribution in [0.15, 0.2) is 89.9 Å². The number of nitrogen functional groups attached to an aromatic ring is 1. The van der Waals surface area contributed by atoms with Gasteiger partial charge in [0.2, 0.25) is 34.2 Å². The van der Waals surface area contributed by atoms with Gasteiger partial charge in [0.25, 0.3) is 11.8 Å². The Morgan fingerprint density at radius 3 is 1.39 bits per heavy atom. The number of anilines is 5. The van der Waals surface area contributed by atoms with E-state index >= 15 is 0 Å². The molecule has 7 N–H and O–H groups in total. The van der Waals surface area contributed by atoms with Gasteiger partial charge in [-0.25, -0.2) is 15.0 Å². The Balaban J connectivity index is 0.000000193. The van der Waals surface area contributed by atoms with E-state index in [1.807, 2.05) is 79.2 Å². The van der Waals surface area contributed by atoms with Crippen molar-refractivity contribution in [3.63, 3.8) is 0 Å². The molecule has 23 nitrogen and oxygen atoms in total. The molecule has 3 atom stereocenters. The zero-order valence-corrected chi connectivity index (χ0v) is 60.8. The van der Waals surface area contributed by atoms with E-state index in [0.29, 0.717) is 17.2 Å². The molecule has 15 rings (SSSR count). The number of carbonyl (C=O) groups is 5. The maximum Gasteiger partial charge on any atom is 1.00 e. The molecule has 3 saturated carbocycles. The number of likely N-dealkylation sites (N-methyl/N-ethyl adjacent to an activating group) is 2. The van der Waals surface area contributed by atoms with Gasteiger partial charge in [0.1, 0.15) is 28.6 Å². The molecule has 5 amide bonds. The van der Waals surface area contributed by atoms with Crippen molar-refractivity contribution in [1.82, 2.24) is 63.2 Å². The van der Waals surface area contributed by atoms with E-state index in [1.165, 1.54) is 19.3 Å². The van der Waals surface area contributed by atoms with Crippen molar-refractivity contribution in [3.05, 3.63) is 112 Å². The molecule has 2 saturated heterocycles. The number of nitrogens with zero attached hydrogens (tertiary/aromatic N) is 13. The van der Waals surface area contributed by atoms with Crippen molar-refractivity contribution < 1.29 is 55.0 Å². The van der Waals surface area contributed by atoms with Crippen molar-refractivity contribution in [1.29, 1.82) is 0 Å². The summed E-state index contributed by atoms with van der Waals surface area (Å²) in [5.74, 6) is 1.76. The van der Waals surface area contributed by atoms with Gasteiger partial charge in [-0.3, -0.25) is 24.0 Å². The fraction of sp³-hybridized carbons (Fsp3) is 0.514. The number of primary amides is 1. The first-order valence-electron chi connectivity index (χ1n) is 33.4. The first-order valence-corrected chi connectivity index (χ1v) is 35.0. The maximum absolute atomic E-state index is 12.9. The van der Waals surface area contributed by atoms with Crippen LogP contribution in [0.4, 0.5) is 29.0 Å². The van der Waals surface area contributed by atoms with E-state index in [2.05, 4.69) is 94.4 Å². The summed E-state index contributed by atoms with van der Waals surface area (Å²) >= 11 is 15.6. The van der Waals surface area contributed by atoms with Gasteiger partial charge in [-0.15, -0.1) is 0 Å². The van der Waals surface area contributed by atoms with Gasteiger partial charge < -0.3 is 62.1 Å². The van der Waals surface area contributed by atoms with Crippen LogP contribution in [-0.4, -0.2) is 159 Å². The molecule has 3 unspecified atom stereocenters. The molecule has 5 fully saturated rings. The van der Waals surface area contributed by atoms with Gasteiger partial charge in [-0.05, 0) is 158 Å². The number of halogens is 3. The first-order chi connectivity index (χ1) is 45.7. The summed E-state index contributed by atoms with van der Waals surface area (Å²) in [4.78, 5) is 96.7. The number of hydrogen-bond acceptors (Lipinski definition) is 15. The molecule has 2 aromatic carbocycles. The quantitative estimate of drug-likeness (QED) is 0.0564. The Morgan fingerprint density at radius 1 is 0.576 bits per heavy atom. The van der Waals surface area contributed by atoms with Crippen molar-refractivity contribution in [2.75, 3.05) is 88.1 Å². The predicted molar refractivity (Wildman–Crippen MR) is 396 cm³/mol. The minimum atomic E-state index is -0.359. The third kappa shape index (κ3) is 15.8. The number of nitrogens with one attached hydrogen (secondary N) is 3. The Kier molecular flexibility index (Phi) is 25.9. The summed E-state index contributed by atoms with van der Waals surface area (Å²) in [6, 6.07) is 20.5. The molecular weight excluding hydrogens is 1370 g/mol. The molecule has 27 heteroatoms. The van der Waals surface area contributed by atoms with Crippen LogP contribution in [0.5, 0.6) is 0 Å². The fourth-order valence-electron chi connectivity index (χ4n) is 15.6. The minimum Gasteiger partial charge on any atom is -1.00 e. The first kappa shape index (κ1) is 78.0. The van der Waals surface area contributed by atoms with Crippen molar-refractivity contribution in [3.8, 4) is 0 Å². The van der Waals surface area contributed by atoms with Crippen LogP contribution in [0.25, 0.3) is 33.1 Å². The summed E-state index contributed by atoms with van der Waals surface area (Å²) in [7, 11) is 4.15. The molecular formula is C72H98BrCl2N18NaO5. The molecule has 528 valence electrons. The van der Waals surface area contributed by atoms with Crippen LogP contribution in [0.2, 0.25) is 10.6 Å². The summed E-state index contributed by atoms with van der Waals surface area (Å²) in [6.07, 6.45) is 21.3. The van der Waals surface area contributed by atoms with Crippen LogP contribution in [0, 0.1) is 17.8 Å². The van der Waals surface area contributed by atoms with Crippen molar-refractivity contribution >= 4 is 131 Å². The number of benzene rings is 2. The molecule has 0 radical (unpaired) electrons. The molecule has 7 aliphatic rings. The zero-order chi connectivity index (χ0) is 66.9. The van der Waals surface area contributed by atoms with E-state index < -0.39 is 0 Å². The van der Waals surface area contributed by atoms with Crippen LogP contribution in [0.1, 0.15) is 162 Å². The second-order valence-corrected chi connectivity index (χ2v) is 28.4. The average molecular weight is 1470 g/mol. The van der Waals surface area contributed by atoms with Gasteiger partial charge >= 0.3 is 29.6 Å². The van der Waals surface area contributed by atoms with E-state index in [1.54, 1.807) is 36.7 Å². The third-order valence-corrected chi connectivity index (χ3v) is 22.2. The fourth-order valence-corrected chi connectivity index (χ4v) is 16.6. The maximum atomic E-state index is 12.9. The Hall–Kier alpha value is -6.77. The molecule has 10 heterocycles. The van der Waals surface area contributed by atoms with Crippen LogP contribution in [-0.2, 0) is 31.0 Å². The van der Waals surface area contributed by atoms with Crippen LogP contribution in [0.3, 0.4) is 0 Å². The van der Waals surface area contributed by atoms with Gasteiger partial charge in [0, 0.05) is 110 Å². The number of nitrogens with two attached hydrogens (primary N) is 2. The minimum absolute atomic E-state index is 0. The average Bonchev–Trinajstić information content (AvgIpc) is 1.60. The normalized spacial score (nSPS) is 20.2. The van der Waals surface area contributed by atoms with Crippen molar-refractivity contribution in [2.24, 2.45) is 23.5 Å². The van der Waals surface area contributed by atoms with Gasteiger partial charge in [-0.1, -0.05) is 101 Å². The number of carbonyl (C=O) groups excluding carboxylic acids is 5. The summed E-state index contributed by atoms with van der Waals surface area (Å²) in [5.41, 5.74) is 15.8. The standard InChI is InChI=1S/C27H33N7O2.C15H18BrClN4O.C15H17ClN4O.C12H17N3O.3CH4.Na.H/c1-18-24(35)30-22-16-20-17-28-26(31-23(20)34(22)27(18)10-4-3-5-11-27)29-21-8-6-19(7-9-21)25(36)33-14-12-32(2)13-15-33;1-9(12(18)22)15(5-3-2-4-6-15)21-11(16)7-10-8-19-14(17)20-13(10)21;1-9-13(21)18-11-7-10-8-17-14(16)19-12(10)20(11)15(9)5-3-2-4-6-15;1-14-6-8-15(9-7-14)12(16)10-2-4-11(13)5-3-10;;;;;/h6-9,16-18H,3-5,10-15H2,1-2H3,(H,30,35)(H,28,29,31);7-9H,2-6H2,1H3,(H2,18,22);7-9H,2-6H2,1H3,(H,18,21);2-5H,6-9,13H2,1H3;3*1H4;;/q;;;;;;;+1;-1. The molecule has 8 aromatic rings. The Bertz CT molecular complexity index is 4160. The predicted octanol–water partition coefficient (Wildman–Crippen LogP) is 10.5. The van der Waals surface area contributed by atoms with Crippen molar-refractivity contribution in [2.45, 2.75) is 156 Å². The van der Waals surface area contributed by atoms with Gasteiger partial charge in [-0.2, -0.15) is 15.0 Å². The topological polar surface area (TPSA) is 279 Å². The molecule has 4 aliphatic heterocycles. The van der Waals surface area contributed by atoms with Crippen LogP contribution >= 0.6 is 39.1 Å². The SMILES string of the molecule is C.C.C.CC(C(N)=O)C1(n2c(Br)cc3cnc(Cl)nc32)CCCCC1.CC1C(=O)Nc2cc3cnc(Cl)nc3n2C12CCCCC2.CC1C(=O)Nc2cc3cnc(Nc4ccc(C(=O)N5CCN(C)CC5)cc4)nc3n2C12CCCCC2.CN1CCN(C(=O)c2ccc(N)cc2)CC1.[H-].[Na+]. The molecule has 3 aliphatic carbocycles.